The van der Waals surface area contributed by atoms with Gasteiger partial charge in [0.05, 0.1) is 11.1 Å². The summed E-state index contributed by atoms with van der Waals surface area (Å²) in [5.41, 5.74) is 3.14. The molecule has 0 bridgehead atoms. The smallest absolute Gasteiger partial charge is 0.274 e. The van der Waals surface area contributed by atoms with Gasteiger partial charge in [-0.05, 0) is 74.6 Å². The number of H-pyrrole nitrogens is 1. The molecule has 5 rings (SSSR count). The van der Waals surface area contributed by atoms with Crippen LogP contribution in [0.15, 0.2) is 76.4 Å². The Morgan fingerprint density at radius 3 is 2.54 bits per heavy atom. The van der Waals surface area contributed by atoms with Crippen LogP contribution in [0.25, 0.3) is 22.0 Å². The lowest BCUT2D eigenvalue weighted by Crippen LogP contribution is -2.34. The number of hydrogen-bond acceptors (Lipinski definition) is 5. The molecule has 2 N–H and O–H groups in total. The van der Waals surface area contributed by atoms with E-state index >= 15 is 0 Å². The quantitative estimate of drug-likeness (QED) is 0.402. The highest BCUT2D eigenvalue weighted by molar-refractivity contribution is 5.93. The van der Waals surface area contributed by atoms with E-state index in [0.29, 0.717) is 29.1 Å². The fourth-order valence-corrected chi connectivity index (χ4v) is 5.20. The van der Waals surface area contributed by atoms with Gasteiger partial charge in [0.1, 0.15) is 0 Å². The third-order valence-electron chi connectivity index (χ3n) is 7.03. The molecule has 8 nitrogen and oxygen atoms in total. The van der Waals surface area contributed by atoms with Crippen LogP contribution in [0.1, 0.15) is 37.7 Å². The van der Waals surface area contributed by atoms with Gasteiger partial charge in [-0.15, -0.1) is 0 Å². The lowest BCUT2D eigenvalue weighted by atomic mass is 9.89. The molecule has 2 aromatic heterocycles. The van der Waals surface area contributed by atoms with Crippen molar-refractivity contribution < 1.29 is 4.79 Å². The normalized spacial score (nSPS) is 14.6. The molecule has 0 spiro atoms. The lowest BCUT2D eigenvalue weighted by molar-refractivity contribution is -0.114. The van der Waals surface area contributed by atoms with E-state index in [1.807, 2.05) is 36.4 Å². The topological polar surface area (TPSA) is 100 Å². The number of carbonyl (C=O) groups is 1. The molecule has 8 heteroatoms. The summed E-state index contributed by atoms with van der Waals surface area (Å²) in [6.07, 6.45) is 4.53. The van der Waals surface area contributed by atoms with Gasteiger partial charge in [-0.25, -0.2) is 4.68 Å². The van der Waals surface area contributed by atoms with Gasteiger partial charge in [0.15, 0.2) is 0 Å². The first-order valence-corrected chi connectivity index (χ1v) is 12.8. The van der Waals surface area contributed by atoms with Crippen LogP contribution in [0.5, 0.6) is 0 Å². The number of amides is 1. The van der Waals surface area contributed by atoms with E-state index in [1.165, 1.54) is 18.6 Å². The number of aryl methyl sites for hydroxylation is 1. The summed E-state index contributed by atoms with van der Waals surface area (Å²) in [5, 5.41) is 8.90. The van der Waals surface area contributed by atoms with E-state index in [2.05, 4.69) is 32.4 Å². The van der Waals surface area contributed by atoms with Crippen molar-refractivity contribution in [2.75, 3.05) is 25.0 Å². The molecule has 190 valence electrons. The van der Waals surface area contributed by atoms with Gasteiger partial charge in [0.2, 0.25) is 11.5 Å². The van der Waals surface area contributed by atoms with Crippen molar-refractivity contribution in [3.05, 3.63) is 93.1 Å². The van der Waals surface area contributed by atoms with Crippen LogP contribution >= 0.6 is 0 Å². The molecule has 0 atom stereocenters. The Morgan fingerprint density at radius 1 is 1.00 bits per heavy atom. The van der Waals surface area contributed by atoms with Crippen LogP contribution in [0.4, 0.5) is 5.69 Å². The molecule has 1 saturated heterocycles. The lowest BCUT2D eigenvalue weighted by Gasteiger charge is -2.32. The van der Waals surface area contributed by atoms with Crippen molar-refractivity contribution >= 4 is 22.4 Å². The van der Waals surface area contributed by atoms with E-state index < -0.39 is 0 Å². The number of nitrogens with one attached hydrogen (secondary N) is 2. The molecule has 1 fully saturated rings. The number of pyridine rings is 1. The van der Waals surface area contributed by atoms with Crippen molar-refractivity contribution in [3.8, 4) is 11.3 Å². The van der Waals surface area contributed by atoms with Gasteiger partial charge in [0.25, 0.3) is 5.56 Å². The first-order chi connectivity index (χ1) is 18.0. The average Bonchev–Trinajstić information content (AvgIpc) is 2.90. The second kappa shape index (κ2) is 10.9. The molecule has 1 aliphatic heterocycles. The molecule has 1 amide bonds. The minimum Gasteiger partial charge on any atom is -0.329 e. The Bertz CT molecular complexity index is 1530. The van der Waals surface area contributed by atoms with Crippen molar-refractivity contribution in [2.45, 2.75) is 38.6 Å². The van der Waals surface area contributed by atoms with Crippen molar-refractivity contribution in [2.24, 2.45) is 0 Å². The Labute approximate surface area is 215 Å². The molecular formula is C29H31N5O3. The molecule has 0 radical (unpaired) electrons. The summed E-state index contributed by atoms with van der Waals surface area (Å²) in [4.78, 5) is 41.5. The first-order valence-electron chi connectivity index (χ1n) is 12.8. The third kappa shape index (κ3) is 5.70. The first kappa shape index (κ1) is 24.6. The van der Waals surface area contributed by atoms with Gasteiger partial charge in [-0.1, -0.05) is 30.3 Å². The van der Waals surface area contributed by atoms with Gasteiger partial charge >= 0.3 is 0 Å². The molecule has 0 aliphatic carbocycles. The zero-order chi connectivity index (χ0) is 25.8. The Balaban J connectivity index is 1.24. The monoisotopic (exact) mass is 497 g/mol. The molecule has 4 aromatic rings. The van der Waals surface area contributed by atoms with Crippen LogP contribution in [0.2, 0.25) is 0 Å². The van der Waals surface area contributed by atoms with E-state index in [9.17, 15) is 14.4 Å². The van der Waals surface area contributed by atoms with Crippen molar-refractivity contribution in [1.82, 2.24) is 19.7 Å². The van der Waals surface area contributed by atoms with Gasteiger partial charge < -0.3 is 15.2 Å². The zero-order valence-electron chi connectivity index (χ0n) is 20.9. The fraction of sp³-hybridized carbons (Fsp3) is 0.310. The highest BCUT2D eigenvalue weighted by atomic mass is 16.1. The summed E-state index contributed by atoms with van der Waals surface area (Å²) >= 11 is 0. The highest BCUT2D eigenvalue weighted by Crippen LogP contribution is 2.29. The standard InChI is InChI=1S/C29H31N5O3/c1-20(35)31-24-7-4-6-22(18-24)21-11-16-33(17-12-21)14-5-15-34-29(37)26-9-3-2-8-25(26)28(32-34)23-10-13-30-27(36)19-23/h2-4,6-10,13,18-19,21H,5,11-12,14-17H2,1H3,(H,30,36)(H,31,35). The number of anilines is 1. The molecule has 1 aliphatic rings. The maximum atomic E-state index is 13.1. The Hall–Kier alpha value is -4.04. The fourth-order valence-electron chi connectivity index (χ4n) is 5.20. The zero-order valence-corrected chi connectivity index (χ0v) is 20.9. The molecule has 0 saturated carbocycles. The summed E-state index contributed by atoms with van der Waals surface area (Å²) < 4.78 is 1.54. The van der Waals surface area contributed by atoms with E-state index in [0.717, 1.165) is 50.0 Å². The predicted octanol–water partition coefficient (Wildman–Crippen LogP) is 3.98. The van der Waals surface area contributed by atoms with E-state index in [4.69, 9.17) is 0 Å². The van der Waals surface area contributed by atoms with Gasteiger partial charge in [-0.3, -0.25) is 14.4 Å². The molecular weight excluding hydrogens is 466 g/mol. The van der Waals surface area contributed by atoms with Crippen LogP contribution < -0.4 is 16.4 Å². The number of likely N-dealkylation sites (tertiary alicyclic amines) is 1. The SMILES string of the molecule is CC(=O)Nc1cccc(C2CCN(CCCn3nc(-c4cc[nH]c(=O)c4)c4ccccc4c3=O)CC2)c1. The number of aromatic amines is 1. The van der Waals surface area contributed by atoms with Gasteiger partial charge in [-0.2, -0.15) is 5.10 Å². The van der Waals surface area contributed by atoms with Crippen LogP contribution in [0, 0.1) is 0 Å². The minimum absolute atomic E-state index is 0.0588. The molecule has 3 heterocycles. The van der Waals surface area contributed by atoms with Crippen LogP contribution in [0.3, 0.4) is 0 Å². The number of carbonyl (C=O) groups excluding carboxylic acids is 1. The average molecular weight is 498 g/mol. The number of aromatic nitrogens is 3. The minimum atomic E-state index is -0.202. The van der Waals surface area contributed by atoms with Crippen molar-refractivity contribution in [3.63, 3.8) is 0 Å². The number of piperidine rings is 1. The largest absolute Gasteiger partial charge is 0.329 e. The molecule has 0 unspecified atom stereocenters. The maximum absolute atomic E-state index is 13.1. The second-order valence-corrected chi connectivity index (χ2v) is 9.64. The summed E-state index contributed by atoms with van der Waals surface area (Å²) in [5.74, 6) is 0.419. The molecule has 2 aromatic carbocycles. The summed E-state index contributed by atoms with van der Waals surface area (Å²) in [6, 6.07) is 18.9. The van der Waals surface area contributed by atoms with Crippen LogP contribution in [-0.4, -0.2) is 45.2 Å². The maximum Gasteiger partial charge on any atom is 0.274 e. The highest BCUT2D eigenvalue weighted by Gasteiger charge is 2.21. The number of nitrogens with zero attached hydrogens (tertiary/aromatic N) is 3. The van der Waals surface area contributed by atoms with Gasteiger partial charge in [0, 0.05) is 42.4 Å². The van der Waals surface area contributed by atoms with E-state index in [1.54, 1.807) is 16.9 Å². The number of hydrogen-bond donors (Lipinski definition) is 2. The number of fused-ring (bicyclic) bond motifs is 1. The Kier molecular flexibility index (Phi) is 7.28. The third-order valence-corrected chi connectivity index (χ3v) is 7.03. The second-order valence-electron chi connectivity index (χ2n) is 9.64. The van der Waals surface area contributed by atoms with Crippen molar-refractivity contribution in [1.29, 1.82) is 0 Å². The van der Waals surface area contributed by atoms with Crippen LogP contribution in [-0.2, 0) is 11.3 Å². The number of rotatable bonds is 7. The Morgan fingerprint density at radius 2 is 1.78 bits per heavy atom. The molecule has 37 heavy (non-hydrogen) atoms. The number of benzene rings is 2. The summed E-state index contributed by atoms with van der Waals surface area (Å²) in [6.45, 7) is 4.91. The predicted molar refractivity (Wildman–Crippen MR) is 146 cm³/mol. The van der Waals surface area contributed by atoms with E-state index in [-0.39, 0.29) is 17.0 Å². The summed E-state index contributed by atoms with van der Waals surface area (Å²) in [7, 11) is 0.